The zero-order valence-electron chi connectivity index (χ0n) is 18.2. The Hall–Kier alpha value is -3.03. The normalized spacial score (nSPS) is 15.2. The van der Waals surface area contributed by atoms with E-state index in [4.69, 9.17) is 18.6 Å². The number of likely N-dealkylation sites (N-methyl/N-ethyl adjacent to an activating group) is 1. The van der Waals surface area contributed by atoms with Crippen LogP contribution in [0.5, 0.6) is 17.2 Å². The largest absolute Gasteiger partial charge is 0.497 e. The van der Waals surface area contributed by atoms with Crippen LogP contribution in [0.25, 0.3) is 22.3 Å². The van der Waals surface area contributed by atoms with E-state index in [-0.39, 0.29) is 5.43 Å². The molecule has 4 rings (SSSR count). The Morgan fingerprint density at radius 3 is 2.32 bits per heavy atom. The third kappa shape index (κ3) is 4.84. The number of piperazine rings is 1. The van der Waals surface area contributed by atoms with Crippen molar-refractivity contribution >= 4 is 11.0 Å². The fourth-order valence-corrected chi connectivity index (χ4v) is 3.71. The van der Waals surface area contributed by atoms with E-state index in [1.54, 1.807) is 26.4 Å². The van der Waals surface area contributed by atoms with E-state index in [9.17, 15) is 4.79 Å². The molecule has 31 heavy (non-hydrogen) atoms. The van der Waals surface area contributed by atoms with Crippen LogP contribution < -0.4 is 19.6 Å². The van der Waals surface area contributed by atoms with Gasteiger partial charge in [-0.05, 0) is 31.3 Å². The van der Waals surface area contributed by atoms with Gasteiger partial charge < -0.3 is 23.5 Å². The Balaban J connectivity index is 1.60. The number of nitrogens with zero attached hydrogens (tertiary/aromatic N) is 2. The molecule has 0 radical (unpaired) electrons. The van der Waals surface area contributed by atoms with Crippen molar-refractivity contribution < 1.29 is 18.6 Å². The van der Waals surface area contributed by atoms with Gasteiger partial charge in [-0.1, -0.05) is 0 Å². The van der Waals surface area contributed by atoms with E-state index in [0.29, 0.717) is 34.8 Å². The second-order valence-corrected chi connectivity index (χ2v) is 7.70. The molecule has 7 heteroatoms. The van der Waals surface area contributed by atoms with Crippen LogP contribution in [0.2, 0.25) is 0 Å². The molecule has 0 unspecified atom stereocenters. The van der Waals surface area contributed by atoms with Crippen LogP contribution in [-0.4, -0.2) is 70.4 Å². The van der Waals surface area contributed by atoms with Crippen molar-refractivity contribution in [3.05, 3.63) is 52.7 Å². The predicted molar refractivity (Wildman–Crippen MR) is 120 cm³/mol. The smallest absolute Gasteiger partial charge is 0.197 e. The lowest BCUT2D eigenvalue weighted by atomic mass is 10.1. The lowest BCUT2D eigenvalue weighted by molar-refractivity contribution is 0.134. The fourth-order valence-electron chi connectivity index (χ4n) is 3.71. The van der Waals surface area contributed by atoms with Crippen LogP contribution in [0, 0.1) is 0 Å². The minimum absolute atomic E-state index is 0.149. The predicted octanol–water partition coefficient (Wildman–Crippen LogP) is 3.10. The maximum Gasteiger partial charge on any atom is 0.197 e. The minimum Gasteiger partial charge on any atom is -0.497 e. The van der Waals surface area contributed by atoms with Crippen LogP contribution >= 0.6 is 0 Å². The molecule has 3 aromatic rings. The molecule has 2 heterocycles. The Labute approximate surface area is 181 Å². The molecule has 0 bridgehead atoms. The molecule has 0 amide bonds. The second-order valence-electron chi connectivity index (χ2n) is 7.70. The molecule has 0 saturated carbocycles. The maximum atomic E-state index is 13.0. The number of benzene rings is 2. The first kappa shape index (κ1) is 21.2. The molecule has 1 fully saturated rings. The molecule has 0 aliphatic carbocycles. The highest BCUT2D eigenvalue weighted by molar-refractivity contribution is 5.86. The summed E-state index contributed by atoms with van der Waals surface area (Å²) in [6, 6.07) is 12.3. The zero-order valence-corrected chi connectivity index (χ0v) is 18.2. The molecule has 0 N–H and O–H groups in total. The van der Waals surface area contributed by atoms with Crippen LogP contribution in [0.1, 0.15) is 0 Å². The quantitative estimate of drug-likeness (QED) is 0.577. The topological polar surface area (TPSA) is 64.4 Å². The summed E-state index contributed by atoms with van der Waals surface area (Å²) in [6.45, 7) is 5.45. The zero-order chi connectivity index (χ0) is 21.8. The van der Waals surface area contributed by atoms with Crippen molar-refractivity contribution in [1.82, 2.24) is 9.80 Å². The van der Waals surface area contributed by atoms with E-state index < -0.39 is 0 Å². The molecule has 1 saturated heterocycles. The molecule has 1 aromatic heterocycles. The summed E-state index contributed by atoms with van der Waals surface area (Å²) in [5, 5.41) is 0.427. The summed E-state index contributed by atoms with van der Waals surface area (Å²) < 4.78 is 22.7. The van der Waals surface area contributed by atoms with Crippen molar-refractivity contribution in [2.45, 2.75) is 0 Å². The first-order valence-corrected chi connectivity index (χ1v) is 10.4. The van der Waals surface area contributed by atoms with Gasteiger partial charge in [-0.15, -0.1) is 0 Å². The summed E-state index contributed by atoms with van der Waals surface area (Å²) in [5.74, 6) is 2.29. The molecule has 0 spiro atoms. The summed E-state index contributed by atoms with van der Waals surface area (Å²) in [7, 11) is 5.33. The third-order valence-electron chi connectivity index (χ3n) is 5.64. The van der Waals surface area contributed by atoms with Gasteiger partial charge in [0.2, 0.25) is 0 Å². The maximum absolute atomic E-state index is 13.0. The van der Waals surface area contributed by atoms with Crippen molar-refractivity contribution in [3.8, 4) is 28.6 Å². The average molecular weight is 424 g/mol. The summed E-state index contributed by atoms with van der Waals surface area (Å²) >= 11 is 0. The summed E-state index contributed by atoms with van der Waals surface area (Å²) in [4.78, 5) is 17.7. The van der Waals surface area contributed by atoms with Gasteiger partial charge in [-0.2, -0.15) is 0 Å². The van der Waals surface area contributed by atoms with Crippen LogP contribution in [0.15, 0.2) is 51.7 Å². The van der Waals surface area contributed by atoms with Gasteiger partial charge in [0.25, 0.3) is 0 Å². The Kier molecular flexibility index (Phi) is 6.44. The Morgan fingerprint density at radius 1 is 0.935 bits per heavy atom. The van der Waals surface area contributed by atoms with E-state index in [0.717, 1.165) is 44.0 Å². The Morgan fingerprint density at radius 2 is 1.65 bits per heavy atom. The lowest BCUT2D eigenvalue weighted by Crippen LogP contribution is -2.45. The van der Waals surface area contributed by atoms with Crippen LogP contribution in [0.3, 0.4) is 0 Å². The van der Waals surface area contributed by atoms with Gasteiger partial charge >= 0.3 is 0 Å². The van der Waals surface area contributed by atoms with Gasteiger partial charge in [-0.25, -0.2) is 0 Å². The monoisotopic (exact) mass is 424 g/mol. The first-order valence-electron chi connectivity index (χ1n) is 10.4. The van der Waals surface area contributed by atoms with Gasteiger partial charge in [0.15, 0.2) is 5.43 Å². The van der Waals surface area contributed by atoms with Gasteiger partial charge in [-0.3, -0.25) is 9.69 Å². The number of methoxy groups -OCH3 is 2. The van der Waals surface area contributed by atoms with Crippen molar-refractivity contribution in [1.29, 1.82) is 0 Å². The van der Waals surface area contributed by atoms with E-state index in [1.165, 1.54) is 6.07 Å². The third-order valence-corrected chi connectivity index (χ3v) is 5.64. The minimum atomic E-state index is -0.149. The summed E-state index contributed by atoms with van der Waals surface area (Å²) in [5.41, 5.74) is 1.08. The van der Waals surface area contributed by atoms with Gasteiger partial charge in [0, 0.05) is 56.5 Å². The van der Waals surface area contributed by atoms with Crippen molar-refractivity contribution in [2.24, 2.45) is 0 Å². The number of hydrogen-bond donors (Lipinski definition) is 0. The van der Waals surface area contributed by atoms with Gasteiger partial charge in [0.1, 0.15) is 40.6 Å². The number of ether oxygens (including phenoxy) is 3. The lowest BCUT2D eigenvalue weighted by Gasteiger charge is -2.32. The van der Waals surface area contributed by atoms with Crippen LogP contribution in [0.4, 0.5) is 0 Å². The molecular formula is C24H28N2O5. The first-order chi connectivity index (χ1) is 15.1. The Bertz CT molecular complexity index is 1090. The highest BCUT2D eigenvalue weighted by Crippen LogP contribution is 2.32. The molecular weight excluding hydrogens is 396 g/mol. The van der Waals surface area contributed by atoms with E-state index in [2.05, 4.69) is 16.8 Å². The molecule has 164 valence electrons. The highest BCUT2D eigenvalue weighted by atomic mass is 16.5. The van der Waals surface area contributed by atoms with Crippen molar-refractivity contribution in [3.63, 3.8) is 0 Å². The van der Waals surface area contributed by atoms with E-state index >= 15 is 0 Å². The standard InChI is InChI=1S/C24H28N2O5/c1-25-8-10-26(11-9-25)12-13-30-22-14-19(29-3)15-23-24(22)20(27)16-21(31-23)17-4-6-18(28-2)7-5-17/h4-7,14-16H,8-13H2,1-3H3. The number of rotatable bonds is 7. The SMILES string of the molecule is COc1ccc(-c2cc(=O)c3c(OCCN4CCN(C)CC4)cc(OC)cc3o2)cc1. The number of hydrogen-bond acceptors (Lipinski definition) is 7. The van der Waals surface area contributed by atoms with Gasteiger partial charge in [0.05, 0.1) is 14.2 Å². The van der Waals surface area contributed by atoms with Crippen LogP contribution in [-0.2, 0) is 0 Å². The molecule has 0 atom stereocenters. The fraction of sp³-hybridized carbons (Fsp3) is 0.375. The van der Waals surface area contributed by atoms with Crippen molar-refractivity contribution in [2.75, 3.05) is 60.6 Å². The number of fused-ring (bicyclic) bond motifs is 1. The highest BCUT2D eigenvalue weighted by Gasteiger charge is 2.16. The molecule has 7 nitrogen and oxygen atoms in total. The average Bonchev–Trinajstić information content (AvgIpc) is 2.79. The molecule has 1 aliphatic heterocycles. The second kappa shape index (κ2) is 9.41. The molecule has 2 aromatic carbocycles. The van der Waals surface area contributed by atoms with E-state index in [1.807, 2.05) is 24.3 Å². The molecule has 1 aliphatic rings. The summed E-state index contributed by atoms with van der Waals surface area (Å²) in [6.07, 6.45) is 0.